The van der Waals surface area contributed by atoms with Gasteiger partial charge in [-0.05, 0) is 18.3 Å². The molecule has 3 N–H and O–H groups in total. The van der Waals surface area contributed by atoms with E-state index in [4.69, 9.17) is 11.1 Å². The van der Waals surface area contributed by atoms with Crippen LogP contribution < -0.4 is 5.73 Å². The van der Waals surface area contributed by atoms with Gasteiger partial charge in [-0.1, -0.05) is 34.6 Å². The number of nitrogens with one attached hydrogen (secondary N) is 1. The lowest BCUT2D eigenvalue weighted by molar-refractivity contribution is 0.188. The molecule has 0 aromatic carbocycles. The summed E-state index contributed by atoms with van der Waals surface area (Å²) in [6, 6.07) is 0.120. The smallest absolute Gasteiger partial charge is 0.108 e. The van der Waals surface area contributed by atoms with Gasteiger partial charge in [0.05, 0.1) is 6.04 Å². The molecule has 0 saturated heterocycles. The van der Waals surface area contributed by atoms with Gasteiger partial charge in [0.1, 0.15) is 5.84 Å². The molecule has 0 aliphatic carbocycles. The predicted molar refractivity (Wildman–Crippen MR) is 67.2 cm³/mol. The number of amidine groups is 1. The molecule has 0 fully saturated rings. The average Bonchev–Trinajstić information content (AvgIpc) is 2.01. The molecule has 3 heteroatoms. The molecule has 0 aromatic rings. The fourth-order valence-electron chi connectivity index (χ4n) is 1.94. The lowest BCUT2D eigenvalue weighted by atomic mass is 10.1. The minimum atomic E-state index is 0.120. The molecule has 15 heavy (non-hydrogen) atoms. The topological polar surface area (TPSA) is 53.1 Å². The van der Waals surface area contributed by atoms with Gasteiger partial charge in [-0.25, -0.2) is 0 Å². The monoisotopic (exact) mass is 213 g/mol. The zero-order chi connectivity index (χ0) is 12.0. The third-order valence-electron chi connectivity index (χ3n) is 2.39. The fraction of sp³-hybridized carbons (Fsp3) is 0.917. The van der Waals surface area contributed by atoms with Crippen LogP contribution >= 0.6 is 0 Å². The molecule has 0 rings (SSSR count). The Labute approximate surface area is 94.5 Å². The lowest BCUT2D eigenvalue weighted by Crippen LogP contribution is -2.47. The van der Waals surface area contributed by atoms with Crippen LogP contribution in [0.3, 0.4) is 0 Å². The van der Waals surface area contributed by atoms with E-state index in [-0.39, 0.29) is 6.04 Å². The van der Waals surface area contributed by atoms with Crippen LogP contribution in [0, 0.1) is 17.2 Å². The Balaban J connectivity index is 4.50. The van der Waals surface area contributed by atoms with Crippen molar-refractivity contribution >= 4 is 5.84 Å². The van der Waals surface area contributed by atoms with E-state index in [9.17, 15) is 0 Å². The van der Waals surface area contributed by atoms with Gasteiger partial charge >= 0.3 is 0 Å². The van der Waals surface area contributed by atoms with Gasteiger partial charge in [-0.2, -0.15) is 0 Å². The summed E-state index contributed by atoms with van der Waals surface area (Å²) in [6.07, 6.45) is 0.925. The van der Waals surface area contributed by atoms with Crippen LogP contribution in [0.1, 0.15) is 41.0 Å². The van der Waals surface area contributed by atoms with Crippen molar-refractivity contribution in [3.63, 3.8) is 0 Å². The first kappa shape index (κ1) is 14.4. The Kier molecular flexibility index (Phi) is 6.57. The average molecular weight is 213 g/mol. The van der Waals surface area contributed by atoms with Crippen LogP contribution in [0.15, 0.2) is 0 Å². The lowest BCUT2D eigenvalue weighted by Gasteiger charge is -2.32. The van der Waals surface area contributed by atoms with Crippen molar-refractivity contribution in [2.45, 2.75) is 47.1 Å². The van der Waals surface area contributed by atoms with Gasteiger partial charge in [-0.15, -0.1) is 0 Å². The number of rotatable bonds is 7. The van der Waals surface area contributed by atoms with Crippen molar-refractivity contribution in [3.05, 3.63) is 0 Å². The van der Waals surface area contributed by atoms with E-state index in [1.54, 1.807) is 0 Å². The molecule has 0 aliphatic heterocycles. The van der Waals surface area contributed by atoms with Crippen molar-refractivity contribution in [1.82, 2.24) is 4.90 Å². The summed E-state index contributed by atoms with van der Waals surface area (Å²) >= 11 is 0. The first-order chi connectivity index (χ1) is 6.88. The molecule has 90 valence electrons. The van der Waals surface area contributed by atoms with Crippen molar-refractivity contribution in [1.29, 1.82) is 5.41 Å². The highest BCUT2D eigenvalue weighted by Gasteiger charge is 2.20. The van der Waals surface area contributed by atoms with Crippen LogP contribution in [-0.2, 0) is 0 Å². The minimum absolute atomic E-state index is 0.120. The minimum Gasteiger partial charge on any atom is -0.386 e. The maximum absolute atomic E-state index is 7.61. The van der Waals surface area contributed by atoms with Crippen LogP contribution in [0.2, 0.25) is 0 Å². The van der Waals surface area contributed by atoms with Crippen molar-refractivity contribution in [2.24, 2.45) is 17.6 Å². The van der Waals surface area contributed by atoms with E-state index in [0.717, 1.165) is 19.5 Å². The maximum atomic E-state index is 7.61. The summed E-state index contributed by atoms with van der Waals surface area (Å²) < 4.78 is 0. The molecule has 0 aliphatic rings. The summed E-state index contributed by atoms with van der Waals surface area (Å²) in [5, 5.41) is 7.61. The second-order valence-electron chi connectivity index (χ2n) is 5.12. The van der Waals surface area contributed by atoms with Gasteiger partial charge in [-0.3, -0.25) is 10.3 Å². The molecule has 0 saturated carbocycles. The fourth-order valence-corrected chi connectivity index (χ4v) is 1.94. The summed E-state index contributed by atoms with van der Waals surface area (Å²) in [7, 11) is 0. The van der Waals surface area contributed by atoms with E-state index in [0.29, 0.717) is 17.7 Å². The van der Waals surface area contributed by atoms with Gasteiger partial charge < -0.3 is 5.73 Å². The van der Waals surface area contributed by atoms with E-state index in [1.165, 1.54) is 0 Å². The molecule has 3 nitrogen and oxygen atoms in total. The number of hydrogen-bond acceptors (Lipinski definition) is 2. The zero-order valence-corrected chi connectivity index (χ0v) is 10.9. The highest BCUT2D eigenvalue weighted by atomic mass is 15.2. The molecule has 0 heterocycles. The molecular weight excluding hydrogens is 186 g/mol. The third kappa shape index (κ3) is 5.78. The second-order valence-corrected chi connectivity index (χ2v) is 5.12. The zero-order valence-electron chi connectivity index (χ0n) is 10.9. The normalized spacial score (nSPS) is 13.9. The summed E-state index contributed by atoms with van der Waals surface area (Å²) in [5.41, 5.74) is 5.64. The van der Waals surface area contributed by atoms with Gasteiger partial charge in [0.15, 0.2) is 0 Å². The van der Waals surface area contributed by atoms with Gasteiger partial charge in [0, 0.05) is 13.1 Å². The molecule has 0 spiro atoms. The van der Waals surface area contributed by atoms with Crippen molar-refractivity contribution in [3.8, 4) is 0 Å². The molecule has 1 atom stereocenters. The van der Waals surface area contributed by atoms with Crippen LogP contribution in [-0.4, -0.2) is 29.9 Å². The van der Waals surface area contributed by atoms with Crippen LogP contribution in [0.5, 0.6) is 0 Å². The Morgan fingerprint density at radius 1 is 1.13 bits per heavy atom. The van der Waals surface area contributed by atoms with Crippen molar-refractivity contribution < 1.29 is 0 Å². The standard InChI is InChI=1S/C12H27N3/c1-6-11(12(13)14)15(7-9(2)3)8-10(4)5/h9-11H,6-8H2,1-5H3,(H3,13,14). The SMILES string of the molecule is CCC(C(=N)N)N(CC(C)C)CC(C)C. The molecule has 0 radical (unpaired) electrons. The Bertz CT molecular complexity index is 177. The Hall–Kier alpha value is -0.570. The molecular formula is C12H27N3. The number of nitrogens with two attached hydrogens (primary N) is 1. The van der Waals surface area contributed by atoms with Crippen LogP contribution in [0.25, 0.3) is 0 Å². The second kappa shape index (κ2) is 6.83. The maximum Gasteiger partial charge on any atom is 0.108 e. The Morgan fingerprint density at radius 2 is 1.53 bits per heavy atom. The van der Waals surface area contributed by atoms with Gasteiger partial charge in [0.25, 0.3) is 0 Å². The summed E-state index contributed by atoms with van der Waals surface area (Å²) in [5.74, 6) is 1.55. The highest BCUT2D eigenvalue weighted by Crippen LogP contribution is 2.10. The summed E-state index contributed by atoms with van der Waals surface area (Å²) in [6.45, 7) is 13.0. The number of hydrogen-bond donors (Lipinski definition) is 2. The van der Waals surface area contributed by atoms with E-state index in [2.05, 4.69) is 39.5 Å². The first-order valence-electron chi connectivity index (χ1n) is 5.96. The van der Waals surface area contributed by atoms with E-state index >= 15 is 0 Å². The first-order valence-corrected chi connectivity index (χ1v) is 5.96. The van der Waals surface area contributed by atoms with E-state index in [1.807, 2.05) is 0 Å². The molecule has 0 aromatic heterocycles. The number of nitrogens with zero attached hydrogens (tertiary/aromatic N) is 1. The largest absolute Gasteiger partial charge is 0.386 e. The third-order valence-corrected chi connectivity index (χ3v) is 2.39. The van der Waals surface area contributed by atoms with Crippen LogP contribution in [0.4, 0.5) is 0 Å². The molecule has 0 bridgehead atoms. The van der Waals surface area contributed by atoms with E-state index < -0.39 is 0 Å². The molecule has 1 unspecified atom stereocenters. The van der Waals surface area contributed by atoms with Gasteiger partial charge in [0.2, 0.25) is 0 Å². The Morgan fingerprint density at radius 3 is 1.73 bits per heavy atom. The highest BCUT2D eigenvalue weighted by molar-refractivity contribution is 5.82. The van der Waals surface area contributed by atoms with Crippen molar-refractivity contribution in [2.75, 3.05) is 13.1 Å². The predicted octanol–water partition coefficient (Wildman–Crippen LogP) is 2.31. The molecule has 0 amide bonds. The summed E-state index contributed by atoms with van der Waals surface area (Å²) in [4.78, 5) is 2.34. The quantitative estimate of drug-likeness (QED) is 0.504.